The maximum Gasteiger partial charge on any atom is 0.416 e. The van der Waals surface area contributed by atoms with Gasteiger partial charge in [-0.3, -0.25) is 4.90 Å². The Morgan fingerprint density at radius 2 is 1.75 bits per heavy atom. The molecule has 5 nitrogen and oxygen atoms in total. The highest BCUT2D eigenvalue weighted by Gasteiger charge is 2.32. The Labute approximate surface area is 160 Å². The van der Waals surface area contributed by atoms with E-state index in [1.165, 1.54) is 17.7 Å². The fourth-order valence-corrected chi connectivity index (χ4v) is 3.53. The van der Waals surface area contributed by atoms with Gasteiger partial charge < -0.3 is 10.3 Å². The van der Waals surface area contributed by atoms with Crippen LogP contribution < -0.4 is 5.73 Å². The number of hydrogen-bond donors (Lipinski definition) is 1. The van der Waals surface area contributed by atoms with Crippen LogP contribution in [0.25, 0.3) is 11.4 Å². The molecule has 1 fully saturated rings. The van der Waals surface area contributed by atoms with E-state index in [9.17, 15) is 13.2 Å². The van der Waals surface area contributed by atoms with Gasteiger partial charge in [-0.15, -0.1) is 0 Å². The molecule has 2 N–H and O–H groups in total. The first-order valence-electron chi connectivity index (χ1n) is 8.93. The molecule has 3 aromatic rings. The number of benzene rings is 2. The molecule has 0 bridgehead atoms. The first-order valence-corrected chi connectivity index (χ1v) is 8.93. The minimum atomic E-state index is -4.37. The van der Waals surface area contributed by atoms with Crippen molar-refractivity contribution < 1.29 is 17.7 Å². The Morgan fingerprint density at radius 1 is 1.04 bits per heavy atom. The fraction of sp³-hybridized carbons (Fsp3) is 0.300. The summed E-state index contributed by atoms with van der Waals surface area (Å²) in [6, 6.07) is 14.8. The summed E-state index contributed by atoms with van der Waals surface area (Å²) in [7, 11) is 0. The molecular formula is C20H19F3N4O. The van der Waals surface area contributed by atoms with Crippen molar-refractivity contribution in [3.05, 3.63) is 71.6 Å². The van der Waals surface area contributed by atoms with Crippen molar-refractivity contribution in [3.63, 3.8) is 0 Å². The Kier molecular flexibility index (Phi) is 4.91. The van der Waals surface area contributed by atoms with Gasteiger partial charge in [-0.1, -0.05) is 47.6 Å². The van der Waals surface area contributed by atoms with E-state index in [0.717, 1.165) is 18.7 Å². The van der Waals surface area contributed by atoms with Crippen LogP contribution in [0.5, 0.6) is 0 Å². The van der Waals surface area contributed by atoms with Crippen LogP contribution in [0, 0.1) is 0 Å². The van der Waals surface area contributed by atoms with Crippen molar-refractivity contribution in [2.45, 2.75) is 24.7 Å². The molecular weight excluding hydrogens is 369 g/mol. The zero-order valence-electron chi connectivity index (χ0n) is 14.9. The van der Waals surface area contributed by atoms with E-state index in [-0.39, 0.29) is 17.8 Å². The zero-order chi connectivity index (χ0) is 19.7. The topological polar surface area (TPSA) is 68.2 Å². The monoisotopic (exact) mass is 388 g/mol. The van der Waals surface area contributed by atoms with Crippen LogP contribution >= 0.6 is 0 Å². The van der Waals surface area contributed by atoms with Crippen LogP contribution in [0.3, 0.4) is 0 Å². The number of likely N-dealkylation sites (tertiary alicyclic amines) is 1. The number of nitrogens with zero attached hydrogens (tertiary/aromatic N) is 3. The smallest absolute Gasteiger partial charge is 0.338 e. The molecule has 0 spiro atoms. The molecule has 146 valence electrons. The maximum atomic E-state index is 12.7. The van der Waals surface area contributed by atoms with E-state index in [1.807, 2.05) is 18.2 Å². The molecule has 0 saturated carbocycles. The fourth-order valence-electron chi connectivity index (χ4n) is 3.53. The van der Waals surface area contributed by atoms with Crippen LogP contribution in [0.15, 0.2) is 59.1 Å². The van der Waals surface area contributed by atoms with E-state index in [1.54, 1.807) is 0 Å². The SMILES string of the molecule is N[C@@H]1CN(Cc2nc(-c3ccc(C(F)(F)F)cc3)no2)C[C@H]1c1ccccc1. The van der Waals surface area contributed by atoms with Gasteiger partial charge in [0.1, 0.15) is 0 Å². The van der Waals surface area contributed by atoms with E-state index >= 15 is 0 Å². The van der Waals surface area contributed by atoms with E-state index in [4.69, 9.17) is 10.3 Å². The Balaban J connectivity index is 1.43. The molecule has 2 aromatic carbocycles. The maximum absolute atomic E-state index is 12.7. The van der Waals surface area contributed by atoms with Crippen LogP contribution in [0.2, 0.25) is 0 Å². The van der Waals surface area contributed by atoms with Gasteiger partial charge in [-0.05, 0) is 17.7 Å². The Bertz CT molecular complexity index is 925. The lowest BCUT2D eigenvalue weighted by Crippen LogP contribution is -2.28. The summed E-state index contributed by atoms with van der Waals surface area (Å²) < 4.78 is 43.3. The normalized spacial score (nSPS) is 20.6. The number of alkyl halides is 3. The molecule has 2 atom stereocenters. The molecule has 28 heavy (non-hydrogen) atoms. The van der Waals surface area contributed by atoms with Crippen molar-refractivity contribution in [2.24, 2.45) is 5.73 Å². The quantitative estimate of drug-likeness (QED) is 0.738. The summed E-state index contributed by atoms with van der Waals surface area (Å²) in [5, 5.41) is 3.89. The second-order valence-corrected chi connectivity index (χ2v) is 6.96. The predicted molar refractivity (Wildman–Crippen MR) is 97.2 cm³/mol. The number of aromatic nitrogens is 2. The number of halogens is 3. The Morgan fingerprint density at radius 3 is 2.43 bits per heavy atom. The highest BCUT2D eigenvalue weighted by atomic mass is 19.4. The van der Waals surface area contributed by atoms with Gasteiger partial charge in [0.2, 0.25) is 11.7 Å². The van der Waals surface area contributed by atoms with Crippen molar-refractivity contribution in [2.75, 3.05) is 13.1 Å². The third-order valence-electron chi connectivity index (χ3n) is 4.97. The van der Waals surface area contributed by atoms with Gasteiger partial charge in [-0.25, -0.2) is 0 Å². The molecule has 0 aliphatic carbocycles. The lowest BCUT2D eigenvalue weighted by Gasteiger charge is -2.14. The van der Waals surface area contributed by atoms with Gasteiger partial charge in [0.05, 0.1) is 12.1 Å². The summed E-state index contributed by atoms with van der Waals surface area (Å²) in [5.74, 6) is 0.918. The van der Waals surface area contributed by atoms with Crippen molar-refractivity contribution in [1.82, 2.24) is 15.0 Å². The van der Waals surface area contributed by atoms with Gasteiger partial charge in [0.15, 0.2) is 0 Å². The van der Waals surface area contributed by atoms with Crippen LogP contribution in [-0.4, -0.2) is 34.2 Å². The largest absolute Gasteiger partial charge is 0.416 e. The summed E-state index contributed by atoms with van der Waals surface area (Å²) in [4.78, 5) is 6.46. The summed E-state index contributed by atoms with van der Waals surface area (Å²) >= 11 is 0. The predicted octanol–water partition coefficient (Wildman–Crippen LogP) is 3.68. The number of hydrogen-bond acceptors (Lipinski definition) is 5. The number of nitrogens with two attached hydrogens (primary N) is 1. The summed E-state index contributed by atoms with van der Waals surface area (Å²) in [5.41, 5.74) is 7.27. The van der Waals surface area contributed by atoms with E-state index < -0.39 is 11.7 Å². The van der Waals surface area contributed by atoms with Crippen LogP contribution in [0.4, 0.5) is 13.2 Å². The van der Waals surface area contributed by atoms with Gasteiger partial charge in [-0.2, -0.15) is 18.2 Å². The van der Waals surface area contributed by atoms with E-state index in [2.05, 4.69) is 27.2 Å². The third kappa shape index (κ3) is 3.93. The average molecular weight is 388 g/mol. The van der Waals surface area contributed by atoms with Crippen molar-refractivity contribution in [1.29, 1.82) is 0 Å². The van der Waals surface area contributed by atoms with Crippen LogP contribution in [-0.2, 0) is 12.7 Å². The molecule has 0 amide bonds. The molecule has 0 radical (unpaired) electrons. The van der Waals surface area contributed by atoms with Gasteiger partial charge in [0.25, 0.3) is 0 Å². The molecule has 1 aliphatic rings. The molecule has 2 heterocycles. The highest BCUT2D eigenvalue weighted by Crippen LogP contribution is 2.31. The molecule has 1 aliphatic heterocycles. The molecule has 4 rings (SSSR count). The van der Waals surface area contributed by atoms with Crippen LogP contribution in [0.1, 0.15) is 22.9 Å². The Hall–Kier alpha value is -2.71. The lowest BCUT2D eigenvalue weighted by molar-refractivity contribution is -0.137. The minimum absolute atomic E-state index is 0.0136. The molecule has 1 saturated heterocycles. The van der Waals surface area contributed by atoms with Gasteiger partial charge in [0, 0.05) is 30.6 Å². The standard InChI is InChI=1S/C20H19F3N4O/c21-20(22,23)15-8-6-14(7-9-15)19-25-18(28-26-19)12-27-10-16(17(24)11-27)13-4-2-1-3-5-13/h1-9,16-17H,10-12,24H2/t16-,17+/m0/s1. The molecule has 0 unspecified atom stereocenters. The average Bonchev–Trinajstić information content (AvgIpc) is 3.29. The number of rotatable bonds is 4. The first-order chi connectivity index (χ1) is 13.4. The van der Waals surface area contributed by atoms with Crippen molar-refractivity contribution >= 4 is 0 Å². The lowest BCUT2D eigenvalue weighted by atomic mass is 9.95. The second-order valence-electron chi connectivity index (χ2n) is 6.96. The molecule has 8 heteroatoms. The van der Waals surface area contributed by atoms with Gasteiger partial charge >= 0.3 is 6.18 Å². The highest BCUT2D eigenvalue weighted by molar-refractivity contribution is 5.54. The summed E-state index contributed by atoms with van der Waals surface area (Å²) in [6.07, 6.45) is -4.37. The summed E-state index contributed by atoms with van der Waals surface area (Å²) in [6.45, 7) is 1.94. The van der Waals surface area contributed by atoms with Crippen molar-refractivity contribution in [3.8, 4) is 11.4 Å². The second kappa shape index (κ2) is 7.37. The minimum Gasteiger partial charge on any atom is -0.338 e. The molecule has 1 aromatic heterocycles. The zero-order valence-corrected chi connectivity index (χ0v) is 14.9. The third-order valence-corrected chi connectivity index (χ3v) is 4.97. The van der Waals surface area contributed by atoms with E-state index in [0.29, 0.717) is 24.5 Å². The first kappa shape index (κ1) is 18.6.